The summed E-state index contributed by atoms with van der Waals surface area (Å²) in [7, 11) is 0. The molecule has 21 heteroatoms. The Morgan fingerprint density at radius 1 is 0.608 bits per heavy atom. The first-order chi connectivity index (χ1) is 34.6. The Labute approximate surface area is 433 Å². The van der Waals surface area contributed by atoms with Crippen LogP contribution in [0.2, 0.25) is 0 Å². The Hall–Kier alpha value is -1.55. The molecule has 0 aromatic heterocycles. The highest BCUT2D eigenvalue weighted by molar-refractivity contribution is 5.79. The van der Waals surface area contributed by atoms with Crippen LogP contribution in [0.4, 0.5) is 0 Å². The number of carbonyl (C=O) groups excluding carboxylic acids is 1. The van der Waals surface area contributed by atoms with Gasteiger partial charge in [0.1, 0.15) is 79.4 Å². The Kier molecular flexibility index (Phi) is 15.8. The van der Waals surface area contributed by atoms with E-state index in [1.807, 2.05) is 0 Å². The van der Waals surface area contributed by atoms with Crippen molar-refractivity contribution in [3.63, 3.8) is 0 Å². The maximum Gasteiger partial charge on any atom is 0.315 e. The zero-order valence-electron chi connectivity index (χ0n) is 44.1. The first-order valence-electron chi connectivity index (χ1n) is 27.1. The Balaban J connectivity index is 0.973. The van der Waals surface area contributed by atoms with Crippen molar-refractivity contribution in [1.82, 2.24) is 0 Å². The van der Waals surface area contributed by atoms with Crippen molar-refractivity contribution in [1.29, 1.82) is 0 Å². The molecule has 0 spiro atoms. The maximum atomic E-state index is 15.4. The molecule has 4 saturated heterocycles. The summed E-state index contributed by atoms with van der Waals surface area (Å²) >= 11 is 0. The molecule has 27 atom stereocenters. The van der Waals surface area contributed by atoms with E-state index in [2.05, 4.69) is 54.5 Å². The smallest absolute Gasteiger partial charge is 0.315 e. The third kappa shape index (κ3) is 9.17. The summed E-state index contributed by atoms with van der Waals surface area (Å²) in [5.41, 5.74) is -0.899. The average Bonchev–Trinajstić information content (AvgIpc) is 3.35. The van der Waals surface area contributed by atoms with Gasteiger partial charge in [-0.1, -0.05) is 60.1 Å². The number of allylic oxidation sites excluding steroid dienone is 2. The highest BCUT2D eigenvalue weighted by Gasteiger charge is 2.70. The molecule has 74 heavy (non-hydrogen) atoms. The van der Waals surface area contributed by atoms with E-state index in [9.17, 15) is 61.3 Å². The van der Waals surface area contributed by atoms with Gasteiger partial charge in [-0.05, 0) is 116 Å². The van der Waals surface area contributed by atoms with Crippen molar-refractivity contribution in [2.24, 2.45) is 50.2 Å². The van der Waals surface area contributed by atoms with Crippen LogP contribution < -0.4 is 0 Å². The van der Waals surface area contributed by atoms with E-state index in [4.69, 9.17) is 37.9 Å². The minimum Gasteiger partial charge on any atom is -0.432 e. The van der Waals surface area contributed by atoms with Gasteiger partial charge in [0, 0.05) is 0 Å². The van der Waals surface area contributed by atoms with E-state index in [0.29, 0.717) is 32.1 Å². The highest BCUT2D eigenvalue weighted by Crippen LogP contribution is 2.76. The normalized spacial score (nSPS) is 54.1. The summed E-state index contributed by atoms with van der Waals surface area (Å²) in [6.45, 7) is 15.8. The lowest BCUT2D eigenvalue weighted by Gasteiger charge is -2.71. The number of fused-ring (bicyclic) bond motifs is 7. The number of hydrogen-bond donors (Lipinski definition) is 12. The number of aliphatic hydroxyl groups excluding tert-OH is 12. The van der Waals surface area contributed by atoms with Gasteiger partial charge in [0.2, 0.25) is 6.29 Å². The van der Waals surface area contributed by atoms with Gasteiger partial charge in [-0.2, -0.15) is 0 Å². The number of ether oxygens (including phenoxy) is 8. The number of rotatable bonds is 10. The molecule has 9 rings (SSSR count). The summed E-state index contributed by atoms with van der Waals surface area (Å²) in [6, 6.07) is 0. The fraction of sp³-hybridized carbons (Fsp3) is 0.943. The second-order valence-electron chi connectivity index (χ2n) is 25.8. The van der Waals surface area contributed by atoms with Gasteiger partial charge in [0.15, 0.2) is 25.0 Å². The third-order valence-electron chi connectivity index (χ3n) is 21.0. The van der Waals surface area contributed by atoms with Crippen molar-refractivity contribution in [2.75, 3.05) is 19.8 Å². The van der Waals surface area contributed by atoms with Gasteiger partial charge in [0.25, 0.3) is 0 Å². The average molecular weight is 1060 g/mol. The second kappa shape index (κ2) is 20.5. The van der Waals surface area contributed by atoms with Crippen molar-refractivity contribution >= 4 is 5.97 Å². The number of aliphatic hydroxyl groups is 12. The fourth-order valence-corrected chi connectivity index (χ4v) is 16.1. The second-order valence-corrected chi connectivity index (χ2v) is 25.8. The molecule has 4 aliphatic heterocycles. The van der Waals surface area contributed by atoms with Crippen LogP contribution in [-0.2, 0) is 42.7 Å². The first kappa shape index (κ1) is 57.1. The van der Waals surface area contributed by atoms with Crippen LogP contribution in [-0.4, -0.2) is 210 Å². The minimum atomic E-state index is -1.82. The van der Waals surface area contributed by atoms with Crippen LogP contribution >= 0.6 is 0 Å². The van der Waals surface area contributed by atoms with E-state index < -0.39 is 148 Å². The molecule has 4 saturated carbocycles. The fourth-order valence-electron chi connectivity index (χ4n) is 16.1. The van der Waals surface area contributed by atoms with Crippen LogP contribution in [0.1, 0.15) is 120 Å². The Morgan fingerprint density at radius 2 is 1.18 bits per heavy atom. The van der Waals surface area contributed by atoms with Gasteiger partial charge in [0.05, 0.1) is 37.4 Å². The summed E-state index contributed by atoms with van der Waals surface area (Å²) in [5.74, 6) is -0.298. The topological polar surface area (TPSA) is 334 Å². The molecular formula is C53H86O21. The zero-order chi connectivity index (χ0) is 54.0. The largest absolute Gasteiger partial charge is 0.432 e. The molecule has 0 unspecified atom stereocenters. The number of carbonyl (C=O) groups is 1. The quantitative estimate of drug-likeness (QED) is 0.0755. The predicted molar refractivity (Wildman–Crippen MR) is 255 cm³/mol. The molecule has 0 aromatic carbocycles. The Morgan fingerprint density at radius 3 is 1.78 bits per heavy atom. The van der Waals surface area contributed by atoms with Crippen molar-refractivity contribution < 1.29 is 104 Å². The lowest BCUT2D eigenvalue weighted by atomic mass is 9.33. The van der Waals surface area contributed by atoms with E-state index in [-0.39, 0.29) is 50.9 Å². The molecule has 21 nitrogen and oxygen atoms in total. The summed E-state index contributed by atoms with van der Waals surface area (Å²) in [4.78, 5) is 15.4. The lowest BCUT2D eigenvalue weighted by molar-refractivity contribution is -0.369. The van der Waals surface area contributed by atoms with Crippen LogP contribution in [0, 0.1) is 50.2 Å². The summed E-state index contributed by atoms with van der Waals surface area (Å²) in [5, 5.41) is 128. The van der Waals surface area contributed by atoms with Gasteiger partial charge in [-0.25, -0.2) is 0 Å². The molecule has 0 amide bonds. The van der Waals surface area contributed by atoms with Crippen LogP contribution in [0.3, 0.4) is 0 Å². The molecule has 12 N–H and O–H groups in total. The third-order valence-corrected chi connectivity index (χ3v) is 21.0. The van der Waals surface area contributed by atoms with E-state index in [0.717, 1.165) is 32.1 Å². The monoisotopic (exact) mass is 1060 g/mol. The highest BCUT2D eigenvalue weighted by atomic mass is 16.8. The van der Waals surface area contributed by atoms with E-state index in [1.54, 1.807) is 0 Å². The van der Waals surface area contributed by atoms with Crippen molar-refractivity contribution in [2.45, 2.75) is 242 Å². The molecule has 5 aliphatic carbocycles. The van der Waals surface area contributed by atoms with E-state index >= 15 is 4.79 Å². The summed E-state index contributed by atoms with van der Waals surface area (Å²) < 4.78 is 48.4. The standard InChI is InChI=1S/C53H86O21/c1-23-32(56)36(60)39(63)43(68-23)73-42-35(59)28(71-44-40(64)37(61)33(57)26(20-54)69-44)22-67-46(42)74-47(66)53-17-15-48(2,3)19-25(53)24-9-10-30-50(6)13-12-31(72-45-41(65)38(62)34(58)27(21-55)70-45)49(4,5)29(50)11-14-52(30,8)51(24,7)16-18-53/h9,23,25-46,54-65H,10-22H2,1-8H3/t23-,25-,26+,27+,28+,29-,30+,31-,32-,33+,34+,35-,36+,37-,38-,39+,40+,41+,42+,43-,44-,45-,46-,50-,51-,52+,53-/m0/s1. The molecule has 4 heterocycles. The molecular weight excluding hydrogens is 973 g/mol. The number of hydrogen-bond acceptors (Lipinski definition) is 21. The molecule has 9 aliphatic rings. The van der Waals surface area contributed by atoms with Crippen LogP contribution in [0.15, 0.2) is 11.6 Å². The zero-order valence-corrected chi connectivity index (χ0v) is 44.1. The summed E-state index contributed by atoms with van der Waals surface area (Å²) in [6.07, 6.45) is -19.9. The van der Waals surface area contributed by atoms with Gasteiger partial charge in [-0.15, -0.1) is 0 Å². The van der Waals surface area contributed by atoms with Crippen molar-refractivity contribution in [3.8, 4) is 0 Å². The first-order valence-corrected chi connectivity index (χ1v) is 27.1. The maximum absolute atomic E-state index is 15.4. The minimum absolute atomic E-state index is 0.129. The molecule has 0 aromatic rings. The lowest BCUT2D eigenvalue weighted by Crippen LogP contribution is -2.66. The van der Waals surface area contributed by atoms with E-state index in [1.165, 1.54) is 12.5 Å². The molecule has 424 valence electrons. The van der Waals surface area contributed by atoms with Gasteiger partial charge in [-0.3, -0.25) is 4.79 Å². The SMILES string of the molecule is C[C@@H]1O[C@@H](O[C@H]2[C@H](OC(=O)[C@]34CCC(C)(C)C[C@H]3C3=CC[C@@H]5[C@@]6(C)CC[C@H](O[C@@H]7O[C@H](CO)[C@@H](O)[C@H](O)[C@H]7O)C(C)(C)[C@@H]6CC[C@@]5(C)[C@@]3(C)CC4)OC[C@@H](O[C@@H]3O[C@H](CO)[C@@H](O)[C@H](O)[C@H]3O)[C@@H]2O)[C@H](O)[C@H](O)[C@H]1O. The molecule has 0 bridgehead atoms. The van der Waals surface area contributed by atoms with Crippen LogP contribution in [0.25, 0.3) is 0 Å². The Bertz CT molecular complexity index is 2040. The van der Waals surface area contributed by atoms with Crippen LogP contribution in [0.5, 0.6) is 0 Å². The van der Waals surface area contributed by atoms with Gasteiger partial charge < -0.3 is 99.2 Å². The van der Waals surface area contributed by atoms with Gasteiger partial charge >= 0.3 is 5.97 Å². The molecule has 0 radical (unpaired) electrons. The number of esters is 1. The molecule has 8 fully saturated rings. The predicted octanol–water partition coefficient (Wildman–Crippen LogP) is -0.369. The van der Waals surface area contributed by atoms with Crippen molar-refractivity contribution in [3.05, 3.63) is 11.6 Å².